The minimum atomic E-state index is -0.385. The first-order valence-corrected chi connectivity index (χ1v) is 10.0. The van der Waals surface area contributed by atoms with Crippen molar-refractivity contribution < 1.29 is 14.3 Å². The molecule has 3 rings (SSSR count). The van der Waals surface area contributed by atoms with Gasteiger partial charge in [-0.3, -0.25) is 9.79 Å². The molecule has 0 unspecified atom stereocenters. The van der Waals surface area contributed by atoms with Gasteiger partial charge < -0.3 is 25.5 Å². The van der Waals surface area contributed by atoms with E-state index in [1.165, 1.54) is 6.07 Å². The maximum atomic E-state index is 13.6. The van der Waals surface area contributed by atoms with Crippen LogP contribution in [-0.4, -0.2) is 68.2 Å². The zero-order chi connectivity index (χ0) is 21.5. The number of para-hydroxylation sites is 2. The van der Waals surface area contributed by atoms with Gasteiger partial charge in [-0.05, 0) is 36.8 Å². The molecule has 168 valence electrons. The summed E-state index contributed by atoms with van der Waals surface area (Å²) < 4.78 is 13.6. The lowest BCUT2D eigenvalue weighted by Gasteiger charge is -2.37. The molecular formula is C22H29FIN5O2. The van der Waals surface area contributed by atoms with E-state index in [1.807, 2.05) is 18.2 Å². The summed E-state index contributed by atoms with van der Waals surface area (Å²) in [5.74, 6) is 0.367. The molecule has 0 atom stereocenters. The van der Waals surface area contributed by atoms with Crippen LogP contribution in [0.3, 0.4) is 0 Å². The van der Waals surface area contributed by atoms with Crippen LogP contribution in [0.1, 0.15) is 15.9 Å². The quantitative estimate of drug-likeness (QED) is 0.235. The molecule has 9 heteroatoms. The fraction of sp³-hybridized carbons (Fsp3) is 0.364. The molecule has 2 aromatic carbocycles. The van der Waals surface area contributed by atoms with Gasteiger partial charge in [0.15, 0.2) is 5.96 Å². The number of piperazine rings is 1. The monoisotopic (exact) mass is 541 g/mol. The fourth-order valence-corrected chi connectivity index (χ4v) is 3.41. The fourth-order valence-electron chi connectivity index (χ4n) is 3.41. The van der Waals surface area contributed by atoms with E-state index in [0.717, 1.165) is 37.8 Å². The van der Waals surface area contributed by atoms with Gasteiger partial charge in [0.1, 0.15) is 11.6 Å². The Morgan fingerprint density at radius 2 is 1.77 bits per heavy atom. The van der Waals surface area contributed by atoms with Crippen LogP contribution in [0.5, 0.6) is 5.75 Å². The average molecular weight is 541 g/mol. The van der Waals surface area contributed by atoms with Gasteiger partial charge in [-0.2, -0.15) is 0 Å². The third-order valence-corrected chi connectivity index (χ3v) is 5.14. The highest BCUT2D eigenvalue weighted by molar-refractivity contribution is 14.0. The molecule has 0 spiro atoms. The predicted octanol–water partition coefficient (Wildman–Crippen LogP) is 2.59. The summed E-state index contributed by atoms with van der Waals surface area (Å²) in [6.45, 7) is 5.64. The number of phenolic OH excluding ortho intramolecular Hbond substituents is 1. The maximum absolute atomic E-state index is 13.6. The second-order valence-corrected chi connectivity index (χ2v) is 7.16. The van der Waals surface area contributed by atoms with Crippen LogP contribution >= 0.6 is 24.0 Å². The smallest absolute Gasteiger partial charge is 0.251 e. The number of nitrogens with zero attached hydrogens (tertiary/aromatic N) is 3. The van der Waals surface area contributed by atoms with E-state index in [1.54, 1.807) is 32.2 Å². The molecule has 1 fully saturated rings. The summed E-state index contributed by atoms with van der Waals surface area (Å²) in [6.07, 6.45) is 0. The van der Waals surface area contributed by atoms with E-state index in [9.17, 15) is 14.3 Å². The van der Waals surface area contributed by atoms with Gasteiger partial charge in [0.05, 0.1) is 5.69 Å². The van der Waals surface area contributed by atoms with Crippen LogP contribution in [0.2, 0.25) is 0 Å². The summed E-state index contributed by atoms with van der Waals surface area (Å²) >= 11 is 0. The van der Waals surface area contributed by atoms with E-state index in [0.29, 0.717) is 24.2 Å². The number of carbonyl (C=O) groups is 1. The van der Waals surface area contributed by atoms with Gasteiger partial charge >= 0.3 is 0 Å². The minimum Gasteiger partial charge on any atom is -0.506 e. The highest BCUT2D eigenvalue weighted by atomic mass is 127. The average Bonchev–Trinajstić information content (AvgIpc) is 2.76. The van der Waals surface area contributed by atoms with Gasteiger partial charge in [0.25, 0.3) is 5.91 Å². The molecule has 1 amide bonds. The van der Waals surface area contributed by atoms with Crippen LogP contribution in [0, 0.1) is 12.7 Å². The van der Waals surface area contributed by atoms with Gasteiger partial charge in [0.2, 0.25) is 0 Å². The molecule has 0 aromatic heterocycles. The Hall–Kier alpha value is -2.56. The third kappa shape index (κ3) is 6.46. The highest BCUT2D eigenvalue weighted by Crippen LogP contribution is 2.27. The molecule has 2 aromatic rings. The number of halogens is 2. The van der Waals surface area contributed by atoms with E-state index in [2.05, 4.69) is 25.4 Å². The van der Waals surface area contributed by atoms with Crippen molar-refractivity contribution in [2.24, 2.45) is 4.99 Å². The molecule has 1 aliphatic heterocycles. The third-order valence-electron chi connectivity index (χ3n) is 5.14. The first-order chi connectivity index (χ1) is 14.5. The minimum absolute atomic E-state index is 0. The summed E-state index contributed by atoms with van der Waals surface area (Å²) in [7, 11) is 1.73. The number of phenols is 1. The van der Waals surface area contributed by atoms with Crippen LogP contribution < -0.4 is 15.5 Å². The number of nitrogens with one attached hydrogen (secondary N) is 2. The SMILES string of the molecule is CN=C(NCCNC(=O)c1ccc(C)c(F)c1)N1CCN(c2ccccc2O)CC1.I. The normalized spacial score (nSPS) is 14.1. The standard InChI is InChI=1S/C22H28FN5O2.HI/c1-16-7-8-17(15-18(16)23)21(30)25-9-10-26-22(24-2)28-13-11-27(12-14-28)19-5-3-4-6-20(19)29;/h3-8,15,29H,9-14H2,1-2H3,(H,24,26)(H,25,30);1H. The molecule has 3 N–H and O–H groups in total. The van der Waals surface area contributed by atoms with Crippen molar-refractivity contribution in [3.63, 3.8) is 0 Å². The van der Waals surface area contributed by atoms with Crippen LogP contribution in [0.4, 0.5) is 10.1 Å². The largest absolute Gasteiger partial charge is 0.506 e. The Bertz CT molecular complexity index is 917. The molecule has 1 aliphatic rings. The molecular weight excluding hydrogens is 512 g/mol. The van der Waals surface area contributed by atoms with Crippen molar-refractivity contribution in [3.05, 3.63) is 59.4 Å². The number of amides is 1. The molecule has 0 saturated carbocycles. The van der Waals surface area contributed by atoms with Crippen molar-refractivity contribution in [3.8, 4) is 5.75 Å². The van der Waals surface area contributed by atoms with Gasteiger partial charge in [0, 0.05) is 51.9 Å². The zero-order valence-electron chi connectivity index (χ0n) is 17.8. The van der Waals surface area contributed by atoms with E-state index < -0.39 is 0 Å². The molecule has 7 nitrogen and oxygen atoms in total. The highest BCUT2D eigenvalue weighted by Gasteiger charge is 2.21. The zero-order valence-corrected chi connectivity index (χ0v) is 20.1. The summed E-state index contributed by atoms with van der Waals surface area (Å²) in [4.78, 5) is 20.8. The first kappa shape index (κ1) is 24.7. The molecule has 31 heavy (non-hydrogen) atoms. The Kier molecular flexibility index (Phi) is 9.35. The number of anilines is 1. The number of hydrogen-bond acceptors (Lipinski definition) is 4. The molecule has 1 heterocycles. The van der Waals surface area contributed by atoms with E-state index >= 15 is 0 Å². The molecule has 0 bridgehead atoms. The first-order valence-electron chi connectivity index (χ1n) is 10.0. The number of guanidine groups is 1. The van der Waals surface area contributed by atoms with Crippen molar-refractivity contribution in [2.45, 2.75) is 6.92 Å². The summed E-state index contributed by atoms with van der Waals surface area (Å²) in [5.41, 5.74) is 1.66. The predicted molar refractivity (Wildman–Crippen MR) is 132 cm³/mol. The lowest BCUT2D eigenvalue weighted by molar-refractivity contribution is 0.0953. The van der Waals surface area contributed by atoms with Crippen molar-refractivity contribution in [2.75, 3.05) is 51.2 Å². The number of rotatable bonds is 5. The Morgan fingerprint density at radius 1 is 1.10 bits per heavy atom. The second-order valence-electron chi connectivity index (χ2n) is 7.16. The Balaban J connectivity index is 0.00000341. The number of carbonyl (C=O) groups excluding carboxylic acids is 1. The molecule has 0 radical (unpaired) electrons. The Morgan fingerprint density at radius 3 is 2.42 bits per heavy atom. The second kappa shape index (κ2) is 11.7. The number of hydrogen-bond donors (Lipinski definition) is 3. The summed E-state index contributed by atoms with van der Waals surface area (Å²) in [6, 6.07) is 11.8. The van der Waals surface area contributed by atoms with Gasteiger partial charge in [-0.1, -0.05) is 18.2 Å². The molecule has 0 aliphatic carbocycles. The van der Waals surface area contributed by atoms with Gasteiger partial charge in [-0.25, -0.2) is 4.39 Å². The van der Waals surface area contributed by atoms with Crippen molar-refractivity contribution in [1.82, 2.24) is 15.5 Å². The van der Waals surface area contributed by atoms with E-state index in [-0.39, 0.29) is 41.5 Å². The number of aliphatic imine (C=N–C) groups is 1. The number of aromatic hydroxyl groups is 1. The van der Waals surface area contributed by atoms with Crippen LogP contribution in [0.15, 0.2) is 47.5 Å². The van der Waals surface area contributed by atoms with Crippen LogP contribution in [0.25, 0.3) is 0 Å². The topological polar surface area (TPSA) is 80.2 Å². The van der Waals surface area contributed by atoms with Crippen LogP contribution in [-0.2, 0) is 0 Å². The van der Waals surface area contributed by atoms with Gasteiger partial charge in [-0.15, -0.1) is 24.0 Å². The van der Waals surface area contributed by atoms with E-state index in [4.69, 9.17) is 0 Å². The lowest BCUT2D eigenvalue weighted by atomic mass is 10.1. The maximum Gasteiger partial charge on any atom is 0.251 e. The lowest BCUT2D eigenvalue weighted by Crippen LogP contribution is -2.53. The summed E-state index contributed by atoms with van der Waals surface area (Å²) in [5, 5.41) is 16.1. The van der Waals surface area contributed by atoms with Crippen molar-refractivity contribution >= 4 is 41.5 Å². The van der Waals surface area contributed by atoms with Crippen molar-refractivity contribution in [1.29, 1.82) is 0 Å². The molecule has 1 saturated heterocycles. The number of benzene rings is 2. The number of aryl methyl sites for hydroxylation is 1. The Labute approximate surface area is 199 Å².